The average Bonchev–Trinajstić information content (AvgIpc) is 3.22. The van der Waals surface area contributed by atoms with Crippen molar-refractivity contribution in [1.29, 1.82) is 0 Å². The molecule has 1 N–H and O–H groups in total. The van der Waals surface area contributed by atoms with Gasteiger partial charge in [0, 0.05) is 41.7 Å². The van der Waals surface area contributed by atoms with E-state index < -0.39 is 0 Å². The molecule has 1 aromatic carbocycles. The Morgan fingerprint density at radius 2 is 2.00 bits per heavy atom. The zero-order valence-corrected chi connectivity index (χ0v) is 18.3. The molecule has 0 unspecified atom stereocenters. The van der Waals surface area contributed by atoms with Crippen molar-refractivity contribution in [2.24, 2.45) is 0 Å². The number of benzene rings is 1. The molecule has 2 aromatic heterocycles. The maximum absolute atomic E-state index is 14.6. The molecule has 0 bridgehead atoms. The van der Waals surface area contributed by atoms with Crippen LogP contribution < -0.4 is 10.2 Å². The average molecular weight is 409 g/mol. The van der Waals surface area contributed by atoms with Gasteiger partial charge in [-0.25, -0.2) is 9.37 Å². The highest BCUT2D eigenvalue weighted by Crippen LogP contribution is 2.31. The van der Waals surface area contributed by atoms with Crippen LogP contribution in [0.1, 0.15) is 36.2 Å². The van der Waals surface area contributed by atoms with Gasteiger partial charge in [0.05, 0.1) is 11.7 Å². The first-order valence-corrected chi connectivity index (χ1v) is 10.4. The molecule has 0 saturated carbocycles. The first-order chi connectivity index (χ1) is 14.3. The third kappa shape index (κ3) is 3.81. The van der Waals surface area contributed by atoms with Gasteiger partial charge in [-0.05, 0) is 52.9 Å². The van der Waals surface area contributed by atoms with Crippen LogP contribution in [0.2, 0.25) is 0 Å². The standard InChI is InChI=1S/C23H29FN6/c1-14-7-6-8-18(22(14)24)15(2)26-23-19-11-21(25-12-20(19)16(3)27-28-23)30-10-9-17(13-30)29(4)5/h6-8,11-12,15,17H,9-10,13H2,1-5H3,(H,26,28)/t15-,17+/m1/s1. The molecule has 1 fully saturated rings. The maximum Gasteiger partial charge on any atom is 0.157 e. The van der Waals surface area contributed by atoms with E-state index in [4.69, 9.17) is 4.98 Å². The lowest BCUT2D eigenvalue weighted by Gasteiger charge is -2.22. The van der Waals surface area contributed by atoms with Crippen LogP contribution >= 0.6 is 0 Å². The van der Waals surface area contributed by atoms with E-state index in [0.29, 0.717) is 23.0 Å². The van der Waals surface area contributed by atoms with Gasteiger partial charge in [0.1, 0.15) is 11.6 Å². The Bertz CT molecular complexity index is 1070. The molecule has 2 atom stereocenters. The second-order valence-electron chi connectivity index (χ2n) is 8.42. The highest BCUT2D eigenvalue weighted by Gasteiger charge is 2.25. The summed E-state index contributed by atoms with van der Waals surface area (Å²) in [5.41, 5.74) is 2.08. The van der Waals surface area contributed by atoms with Crippen molar-refractivity contribution in [3.05, 3.63) is 53.1 Å². The van der Waals surface area contributed by atoms with Gasteiger partial charge < -0.3 is 15.1 Å². The fourth-order valence-corrected chi connectivity index (χ4v) is 4.10. The summed E-state index contributed by atoms with van der Waals surface area (Å²) in [6, 6.07) is 7.83. The zero-order chi connectivity index (χ0) is 21.4. The van der Waals surface area contributed by atoms with Crippen molar-refractivity contribution in [2.45, 2.75) is 39.3 Å². The van der Waals surface area contributed by atoms with Gasteiger partial charge >= 0.3 is 0 Å². The van der Waals surface area contributed by atoms with Gasteiger partial charge in [-0.2, -0.15) is 5.10 Å². The van der Waals surface area contributed by atoms with E-state index in [1.54, 1.807) is 13.0 Å². The minimum Gasteiger partial charge on any atom is -0.361 e. The summed E-state index contributed by atoms with van der Waals surface area (Å²) in [7, 11) is 4.24. The molecule has 6 nitrogen and oxygen atoms in total. The van der Waals surface area contributed by atoms with Crippen molar-refractivity contribution in [2.75, 3.05) is 37.4 Å². The highest BCUT2D eigenvalue weighted by molar-refractivity contribution is 5.94. The van der Waals surface area contributed by atoms with E-state index in [-0.39, 0.29) is 11.9 Å². The van der Waals surface area contributed by atoms with Crippen LogP contribution in [-0.2, 0) is 0 Å². The largest absolute Gasteiger partial charge is 0.361 e. The van der Waals surface area contributed by atoms with Crippen LogP contribution in [0.25, 0.3) is 10.8 Å². The molecule has 1 aliphatic heterocycles. The second-order valence-corrected chi connectivity index (χ2v) is 8.42. The number of aryl methyl sites for hydroxylation is 2. The van der Waals surface area contributed by atoms with Gasteiger partial charge in [-0.1, -0.05) is 18.2 Å². The third-order valence-corrected chi connectivity index (χ3v) is 6.09. The molecule has 0 amide bonds. The van der Waals surface area contributed by atoms with E-state index in [1.165, 1.54) is 0 Å². The van der Waals surface area contributed by atoms with Crippen LogP contribution in [-0.4, -0.2) is 53.3 Å². The van der Waals surface area contributed by atoms with E-state index >= 15 is 0 Å². The lowest BCUT2D eigenvalue weighted by molar-refractivity contribution is 0.315. The summed E-state index contributed by atoms with van der Waals surface area (Å²) in [6.45, 7) is 7.59. The molecule has 7 heteroatoms. The molecule has 3 aromatic rings. The Balaban J connectivity index is 1.68. The summed E-state index contributed by atoms with van der Waals surface area (Å²) < 4.78 is 14.6. The Kier molecular flexibility index (Phi) is 5.56. The molecule has 4 rings (SSSR count). The van der Waals surface area contributed by atoms with Crippen molar-refractivity contribution < 1.29 is 4.39 Å². The maximum atomic E-state index is 14.6. The predicted molar refractivity (Wildman–Crippen MR) is 120 cm³/mol. The second kappa shape index (κ2) is 8.14. The van der Waals surface area contributed by atoms with Crippen molar-refractivity contribution in [1.82, 2.24) is 20.1 Å². The SMILES string of the molecule is Cc1cccc([C@@H](C)Nc2nnc(C)c3cnc(N4CC[C@H](N(C)C)C4)cc23)c1F. The van der Waals surface area contributed by atoms with Crippen molar-refractivity contribution in [3.8, 4) is 0 Å². The van der Waals surface area contributed by atoms with Crippen molar-refractivity contribution >= 4 is 22.4 Å². The molecular formula is C23H29FN6. The zero-order valence-electron chi connectivity index (χ0n) is 18.3. The number of nitrogens with one attached hydrogen (secondary N) is 1. The quantitative estimate of drug-likeness (QED) is 0.686. The topological polar surface area (TPSA) is 57.2 Å². The summed E-state index contributed by atoms with van der Waals surface area (Å²) in [6.07, 6.45) is 3.00. The van der Waals surface area contributed by atoms with Gasteiger partial charge in [0.25, 0.3) is 0 Å². The van der Waals surface area contributed by atoms with Crippen molar-refractivity contribution in [3.63, 3.8) is 0 Å². The Morgan fingerprint density at radius 3 is 2.73 bits per heavy atom. The lowest BCUT2D eigenvalue weighted by Crippen LogP contribution is -2.31. The first-order valence-electron chi connectivity index (χ1n) is 10.4. The minimum absolute atomic E-state index is 0.184. The van der Waals surface area contributed by atoms with Gasteiger partial charge in [-0.15, -0.1) is 5.10 Å². The van der Waals surface area contributed by atoms with E-state index in [2.05, 4.69) is 45.5 Å². The summed E-state index contributed by atoms with van der Waals surface area (Å²) in [5.74, 6) is 1.41. The first kappa shape index (κ1) is 20.5. The van der Waals surface area contributed by atoms with Gasteiger partial charge in [0.2, 0.25) is 0 Å². The molecular weight excluding hydrogens is 379 g/mol. The Morgan fingerprint density at radius 1 is 1.20 bits per heavy atom. The number of anilines is 2. The molecule has 158 valence electrons. The fraction of sp³-hybridized carbons (Fsp3) is 0.435. The van der Waals surface area contributed by atoms with Crippen LogP contribution in [0.3, 0.4) is 0 Å². The van der Waals surface area contributed by atoms with Gasteiger partial charge in [-0.3, -0.25) is 0 Å². The van der Waals surface area contributed by atoms with E-state index in [9.17, 15) is 4.39 Å². The number of aromatic nitrogens is 3. The number of fused-ring (bicyclic) bond motifs is 1. The Labute approximate surface area is 177 Å². The molecule has 0 radical (unpaired) electrons. The van der Waals surface area contributed by atoms with Crippen LogP contribution in [0, 0.1) is 19.7 Å². The molecule has 0 spiro atoms. The predicted octanol–water partition coefficient (Wildman–Crippen LogP) is 4.09. The lowest BCUT2D eigenvalue weighted by atomic mass is 10.0. The number of halogens is 1. The number of pyridine rings is 1. The van der Waals surface area contributed by atoms with Crippen LogP contribution in [0.15, 0.2) is 30.5 Å². The summed E-state index contributed by atoms with van der Waals surface area (Å²) in [4.78, 5) is 9.28. The molecule has 3 heterocycles. The number of nitrogens with zero attached hydrogens (tertiary/aromatic N) is 5. The summed E-state index contributed by atoms with van der Waals surface area (Å²) in [5, 5.41) is 14.0. The van der Waals surface area contributed by atoms with E-state index in [0.717, 1.165) is 41.8 Å². The molecule has 30 heavy (non-hydrogen) atoms. The van der Waals surface area contributed by atoms with E-state index in [1.807, 2.05) is 32.2 Å². The number of likely N-dealkylation sites (N-methyl/N-ethyl adjacent to an activating group) is 1. The molecule has 1 saturated heterocycles. The van der Waals surface area contributed by atoms with Gasteiger partial charge in [0.15, 0.2) is 5.82 Å². The smallest absolute Gasteiger partial charge is 0.157 e. The summed E-state index contributed by atoms with van der Waals surface area (Å²) >= 11 is 0. The number of hydrogen-bond acceptors (Lipinski definition) is 6. The van der Waals surface area contributed by atoms with Crippen LogP contribution in [0.5, 0.6) is 0 Å². The molecule has 0 aliphatic carbocycles. The minimum atomic E-state index is -0.244. The number of rotatable bonds is 5. The Hall–Kier alpha value is -2.80. The highest BCUT2D eigenvalue weighted by atomic mass is 19.1. The normalized spacial score (nSPS) is 17.7. The fourth-order valence-electron chi connectivity index (χ4n) is 4.10. The number of hydrogen-bond donors (Lipinski definition) is 1. The monoisotopic (exact) mass is 408 g/mol. The molecule has 1 aliphatic rings. The third-order valence-electron chi connectivity index (χ3n) is 6.09. The van der Waals surface area contributed by atoms with Crippen LogP contribution in [0.4, 0.5) is 16.0 Å².